The maximum Gasteiger partial charge on any atom is 0.262 e. The minimum absolute atomic E-state index is 0.00970. The van der Waals surface area contributed by atoms with Gasteiger partial charge in [-0.05, 0) is 43.0 Å². The molecule has 7 heteroatoms. The Bertz CT molecular complexity index is 1060. The molecule has 1 amide bonds. The van der Waals surface area contributed by atoms with Crippen LogP contribution in [0.4, 0.5) is 17.2 Å². The number of hydrogen-bond donors (Lipinski definition) is 1. The molecule has 0 spiro atoms. The molecule has 2 aromatic heterocycles. The van der Waals surface area contributed by atoms with Gasteiger partial charge in [-0.2, -0.15) is 5.10 Å². The highest BCUT2D eigenvalue weighted by atomic mass is 16.2. The molecule has 5 rings (SSSR count). The Kier molecular flexibility index (Phi) is 4.86. The quantitative estimate of drug-likeness (QED) is 0.726. The van der Waals surface area contributed by atoms with Crippen LogP contribution in [0.25, 0.3) is 0 Å². The number of aryl methyl sites for hydroxylation is 1. The van der Waals surface area contributed by atoms with Crippen LogP contribution >= 0.6 is 0 Å². The lowest BCUT2D eigenvalue weighted by Gasteiger charge is -2.34. The number of nitrogens with zero attached hydrogens (tertiary/aromatic N) is 5. The zero-order valence-electron chi connectivity index (χ0n) is 17.2. The summed E-state index contributed by atoms with van der Waals surface area (Å²) >= 11 is 0. The van der Waals surface area contributed by atoms with E-state index in [-0.39, 0.29) is 11.9 Å². The van der Waals surface area contributed by atoms with E-state index in [1.54, 1.807) is 6.20 Å². The Balaban J connectivity index is 1.35. The fourth-order valence-electron chi connectivity index (χ4n) is 4.48. The van der Waals surface area contributed by atoms with Crippen molar-refractivity contribution in [3.05, 3.63) is 66.1 Å². The van der Waals surface area contributed by atoms with E-state index in [4.69, 9.17) is 0 Å². The zero-order valence-corrected chi connectivity index (χ0v) is 17.2. The molecule has 1 saturated heterocycles. The number of pyridine rings is 1. The average Bonchev–Trinajstić information content (AvgIpc) is 3.40. The fourth-order valence-corrected chi connectivity index (χ4v) is 4.48. The lowest BCUT2D eigenvalue weighted by Crippen LogP contribution is -2.42. The molecule has 1 unspecified atom stereocenters. The van der Waals surface area contributed by atoms with Crippen molar-refractivity contribution in [1.82, 2.24) is 14.8 Å². The Hall–Kier alpha value is -3.35. The van der Waals surface area contributed by atoms with Crippen molar-refractivity contribution >= 4 is 23.1 Å². The minimum Gasteiger partial charge on any atom is -0.367 e. The molecule has 1 atom stereocenters. The number of aromatic nitrogens is 3. The van der Waals surface area contributed by atoms with Gasteiger partial charge < -0.3 is 15.1 Å². The van der Waals surface area contributed by atoms with Crippen LogP contribution in [-0.2, 0) is 13.5 Å². The normalized spacial score (nSPS) is 18.4. The summed E-state index contributed by atoms with van der Waals surface area (Å²) in [6.45, 7) is 2.59. The Labute approximate surface area is 176 Å². The number of hydrogen-bond acceptors (Lipinski definition) is 5. The molecule has 154 valence electrons. The lowest BCUT2D eigenvalue weighted by molar-refractivity contribution is 0.0990. The highest BCUT2D eigenvalue weighted by Crippen LogP contribution is 2.30. The smallest absolute Gasteiger partial charge is 0.262 e. The van der Waals surface area contributed by atoms with Gasteiger partial charge in [0.1, 0.15) is 5.82 Å². The molecule has 0 saturated carbocycles. The van der Waals surface area contributed by atoms with Gasteiger partial charge in [-0.25, -0.2) is 4.98 Å². The number of piperidine rings is 1. The van der Waals surface area contributed by atoms with E-state index in [9.17, 15) is 4.79 Å². The molecule has 2 aliphatic heterocycles. The van der Waals surface area contributed by atoms with Crippen LogP contribution < -0.4 is 15.1 Å². The third-order valence-corrected chi connectivity index (χ3v) is 5.99. The first-order valence-corrected chi connectivity index (χ1v) is 10.5. The van der Waals surface area contributed by atoms with Crippen molar-refractivity contribution < 1.29 is 4.79 Å². The van der Waals surface area contributed by atoms with Gasteiger partial charge >= 0.3 is 0 Å². The molecular weight excluding hydrogens is 376 g/mol. The standard InChI is InChI=1S/C23H26N6O/c1-27-16-19(14-25-27)28-12-5-7-18(15-28)26-22-20(8-4-11-24-22)23(30)29-13-10-17-6-2-3-9-21(17)29/h2-4,6,8-9,11,14,16,18H,5,7,10,12-13,15H2,1H3,(H,24,26). The van der Waals surface area contributed by atoms with Crippen molar-refractivity contribution in [2.75, 3.05) is 34.8 Å². The van der Waals surface area contributed by atoms with Gasteiger partial charge in [-0.15, -0.1) is 0 Å². The second kappa shape index (κ2) is 7.82. The van der Waals surface area contributed by atoms with E-state index in [1.165, 1.54) is 5.56 Å². The van der Waals surface area contributed by atoms with E-state index in [0.29, 0.717) is 17.9 Å². The van der Waals surface area contributed by atoms with Gasteiger partial charge in [-0.3, -0.25) is 9.48 Å². The van der Waals surface area contributed by atoms with E-state index in [2.05, 4.69) is 26.4 Å². The first-order valence-electron chi connectivity index (χ1n) is 10.5. The highest BCUT2D eigenvalue weighted by Gasteiger charge is 2.28. The van der Waals surface area contributed by atoms with Gasteiger partial charge in [0.15, 0.2) is 0 Å². The Morgan fingerprint density at radius 2 is 2.07 bits per heavy atom. The molecule has 4 heterocycles. The highest BCUT2D eigenvalue weighted by molar-refractivity contribution is 6.10. The van der Waals surface area contributed by atoms with Crippen LogP contribution in [0.3, 0.4) is 0 Å². The number of rotatable bonds is 4. The molecule has 0 radical (unpaired) electrons. The number of amides is 1. The zero-order chi connectivity index (χ0) is 20.5. The van der Waals surface area contributed by atoms with Crippen LogP contribution in [0.15, 0.2) is 55.0 Å². The molecule has 7 nitrogen and oxygen atoms in total. The van der Waals surface area contributed by atoms with Gasteiger partial charge in [0, 0.05) is 50.8 Å². The second-order valence-electron chi connectivity index (χ2n) is 8.04. The summed E-state index contributed by atoms with van der Waals surface area (Å²) in [6, 6.07) is 12.1. The van der Waals surface area contributed by atoms with Crippen LogP contribution in [0.5, 0.6) is 0 Å². The van der Waals surface area contributed by atoms with Crippen LogP contribution in [0, 0.1) is 0 Å². The number of para-hydroxylation sites is 1. The van der Waals surface area contributed by atoms with Gasteiger partial charge in [-0.1, -0.05) is 18.2 Å². The Morgan fingerprint density at radius 1 is 1.17 bits per heavy atom. The van der Waals surface area contributed by atoms with Crippen LogP contribution in [-0.4, -0.2) is 46.3 Å². The monoisotopic (exact) mass is 402 g/mol. The summed E-state index contributed by atoms with van der Waals surface area (Å²) in [6.07, 6.45) is 8.73. The van der Waals surface area contributed by atoms with Gasteiger partial charge in [0.2, 0.25) is 0 Å². The number of anilines is 3. The molecule has 0 aliphatic carbocycles. The summed E-state index contributed by atoms with van der Waals surface area (Å²) in [5.74, 6) is 0.681. The predicted molar refractivity (Wildman–Crippen MR) is 118 cm³/mol. The summed E-state index contributed by atoms with van der Waals surface area (Å²) in [5, 5.41) is 7.85. The molecule has 0 bridgehead atoms. The van der Waals surface area contributed by atoms with Crippen LogP contribution in [0.2, 0.25) is 0 Å². The maximum absolute atomic E-state index is 13.4. The number of carbonyl (C=O) groups is 1. The number of benzene rings is 1. The largest absolute Gasteiger partial charge is 0.367 e. The predicted octanol–water partition coefficient (Wildman–Crippen LogP) is 3.10. The number of carbonyl (C=O) groups excluding carboxylic acids is 1. The third-order valence-electron chi connectivity index (χ3n) is 5.99. The third kappa shape index (κ3) is 3.51. The van der Waals surface area contributed by atoms with Crippen molar-refractivity contribution in [3.8, 4) is 0 Å². The van der Waals surface area contributed by atoms with Crippen molar-refractivity contribution in [3.63, 3.8) is 0 Å². The molecular formula is C23H26N6O. The van der Waals surface area contributed by atoms with Crippen LogP contribution in [0.1, 0.15) is 28.8 Å². The van der Waals surface area contributed by atoms with Crippen molar-refractivity contribution in [1.29, 1.82) is 0 Å². The average molecular weight is 403 g/mol. The van der Waals surface area contributed by atoms with Gasteiger partial charge in [0.25, 0.3) is 5.91 Å². The fraction of sp³-hybridized carbons (Fsp3) is 0.348. The van der Waals surface area contributed by atoms with Gasteiger partial charge in [0.05, 0.1) is 17.4 Å². The molecule has 1 fully saturated rings. The van der Waals surface area contributed by atoms with Crippen molar-refractivity contribution in [2.24, 2.45) is 7.05 Å². The lowest BCUT2D eigenvalue weighted by atomic mass is 10.0. The SMILES string of the molecule is Cn1cc(N2CCCC(Nc3ncccc3C(=O)N3CCc4ccccc43)C2)cn1. The first-order chi connectivity index (χ1) is 14.7. The van der Waals surface area contributed by atoms with E-state index >= 15 is 0 Å². The molecule has 1 N–H and O–H groups in total. The summed E-state index contributed by atoms with van der Waals surface area (Å²) in [4.78, 5) is 22.1. The maximum atomic E-state index is 13.4. The summed E-state index contributed by atoms with van der Waals surface area (Å²) in [5.41, 5.74) is 4.00. The topological polar surface area (TPSA) is 66.3 Å². The molecule has 3 aromatic rings. The summed E-state index contributed by atoms with van der Waals surface area (Å²) < 4.78 is 1.83. The number of nitrogens with one attached hydrogen (secondary N) is 1. The van der Waals surface area contributed by atoms with E-state index in [0.717, 1.165) is 43.7 Å². The van der Waals surface area contributed by atoms with E-state index < -0.39 is 0 Å². The molecule has 1 aromatic carbocycles. The molecule has 2 aliphatic rings. The summed E-state index contributed by atoms with van der Waals surface area (Å²) in [7, 11) is 1.94. The molecule has 30 heavy (non-hydrogen) atoms. The van der Waals surface area contributed by atoms with Crippen molar-refractivity contribution in [2.45, 2.75) is 25.3 Å². The first kappa shape index (κ1) is 18.7. The Morgan fingerprint density at radius 3 is 2.93 bits per heavy atom. The number of fused-ring (bicyclic) bond motifs is 1. The minimum atomic E-state index is 0.00970. The second-order valence-corrected chi connectivity index (χ2v) is 8.04. The van der Waals surface area contributed by atoms with E-state index in [1.807, 2.05) is 59.4 Å².